The van der Waals surface area contributed by atoms with Crippen molar-refractivity contribution in [2.24, 2.45) is 4.40 Å². The molecule has 0 saturated heterocycles. The molecule has 1 aromatic carbocycles. The number of rotatable bonds is 2. The van der Waals surface area contributed by atoms with Crippen LogP contribution in [0, 0.1) is 0 Å². The molecule has 1 heterocycles. The topological polar surface area (TPSA) is 76.0 Å². The van der Waals surface area contributed by atoms with Crippen LogP contribution in [0.2, 0.25) is 5.02 Å². The summed E-state index contributed by atoms with van der Waals surface area (Å²) in [4.78, 5) is 12.4. The van der Waals surface area contributed by atoms with E-state index in [2.05, 4.69) is 4.40 Å². The first-order chi connectivity index (χ1) is 10.2. The molecule has 1 aliphatic rings. The van der Waals surface area contributed by atoms with Gasteiger partial charge >= 0.3 is 6.09 Å². The van der Waals surface area contributed by atoms with Gasteiger partial charge in [0.1, 0.15) is 16.1 Å². The van der Waals surface area contributed by atoms with Gasteiger partial charge in [0.15, 0.2) is 0 Å². The van der Waals surface area contributed by atoms with Gasteiger partial charge in [-0.2, -0.15) is 0 Å². The maximum Gasteiger partial charge on any atom is 0.407 e. The van der Waals surface area contributed by atoms with E-state index in [1.54, 1.807) is 18.3 Å². The van der Waals surface area contributed by atoms with Gasteiger partial charge in [0.2, 0.25) is 0 Å². The SMILES string of the molecule is CC(C)(C)[S+]([O-])N=Cc1cc(Cl)cc2c1CCN(C(=O)O)C2. The van der Waals surface area contributed by atoms with Gasteiger partial charge in [-0.3, -0.25) is 0 Å². The van der Waals surface area contributed by atoms with E-state index in [0.29, 0.717) is 24.5 Å². The van der Waals surface area contributed by atoms with E-state index in [-0.39, 0.29) is 0 Å². The van der Waals surface area contributed by atoms with Crippen LogP contribution in [0.25, 0.3) is 0 Å². The fourth-order valence-electron chi connectivity index (χ4n) is 2.23. The molecule has 0 aliphatic carbocycles. The van der Waals surface area contributed by atoms with Crippen molar-refractivity contribution in [2.75, 3.05) is 6.54 Å². The lowest BCUT2D eigenvalue weighted by Gasteiger charge is -2.27. The summed E-state index contributed by atoms with van der Waals surface area (Å²) in [6.45, 7) is 6.33. The van der Waals surface area contributed by atoms with Gasteiger partial charge in [0.25, 0.3) is 0 Å². The number of hydrogen-bond acceptors (Lipinski definition) is 3. The highest BCUT2D eigenvalue weighted by molar-refractivity contribution is 7.91. The predicted molar refractivity (Wildman–Crippen MR) is 89.1 cm³/mol. The molecule has 1 aromatic rings. The standard InChI is InChI=1S/C15H19ClN2O3S/c1-15(2,3)22(21)17-8-10-6-12(16)7-11-9-18(14(19)20)5-4-13(10)11/h6-8H,4-5,9H2,1-3H3,(H,19,20). The number of carboxylic acid groups (broad SMARTS) is 1. The number of benzene rings is 1. The van der Waals surface area contributed by atoms with Crippen LogP contribution in [0.4, 0.5) is 4.79 Å². The third-order valence-corrected chi connectivity index (χ3v) is 4.98. The average molecular weight is 343 g/mol. The third-order valence-electron chi connectivity index (χ3n) is 3.42. The minimum atomic E-state index is -1.34. The second kappa shape index (κ2) is 6.48. The Kier molecular flexibility index (Phi) is 5.04. The van der Waals surface area contributed by atoms with E-state index in [4.69, 9.17) is 16.7 Å². The molecular weight excluding hydrogens is 324 g/mol. The summed E-state index contributed by atoms with van der Waals surface area (Å²) in [7, 11) is 0. The van der Waals surface area contributed by atoms with Gasteiger partial charge in [0.05, 0.1) is 6.21 Å². The molecule has 2 rings (SSSR count). The Morgan fingerprint density at radius 2 is 2.18 bits per heavy atom. The molecule has 1 unspecified atom stereocenters. The summed E-state index contributed by atoms with van der Waals surface area (Å²) in [5.41, 5.74) is 2.71. The van der Waals surface area contributed by atoms with Crippen molar-refractivity contribution in [2.45, 2.75) is 38.5 Å². The number of carbonyl (C=O) groups is 1. The van der Waals surface area contributed by atoms with Crippen molar-refractivity contribution in [3.05, 3.63) is 33.8 Å². The Morgan fingerprint density at radius 3 is 2.77 bits per heavy atom. The highest BCUT2D eigenvalue weighted by Gasteiger charge is 2.26. The maximum absolute atomic E-state index is 12.0. The summed E-state index contributed by atoms with van der Waals surface area (Å²) in [5, 5.41) is 9.62. The molecule has 0 aromatic heterocycles. The Balaban J connectivity index is 2.31. The van der Waals surface area contributed by atoms with Gasteiger partial charge in [-0.1, -0.05) is 16.0 Å². The van der Waals surface area contributed by atoms with Gasteiger partial charge < -0.3 is 14.6 Å². The summed E-state index contributed by atoms with van der Waals surface area (Å²) < 4.78 is 15.7. The minimum absolute atomic E-state index is 0.314. The zero-order chi connectivity index (χ0) is 16.5. The molecule has 1 aliphatic heterocycles. The van der Waals surface area contributed by atoms with Gasteiger partial charge in [-0.05, 0) is 50.5 Å². The van der Waals surface area contributed by atoms with Gasteiger partial charge in [0, 0.05) is 23.7 Å². The van der Waals surface area contributed by atoms with E-state index in [9.17, 15) is 9.35 Å². The zero-order valence-corrected chi connectivity index (χ0v) is 14.4. The van der Waals surface area contributed by atoms with Crippen molar-refractivity contribution in [1.82, 2.24) is 4.90 Å². The van der Waals surface area contributed by atoms with E-state index in [0.717, 1.165) is 16.7 Å². The molecule has 0 bridgehead atoms. The Bertz CT molecular complexity index is 614. The second-order valence-corrected chi connectivity index (χ2v) is 8.55. The number of hydrogen-bond donors (Lipinski definition) is 1. The quantitative estimate of drug-likeness (QED) is 0.662. The molecule has 120 valence electrons. The second-order valence-electron chi connectivity index (χ2n) is 6.18. The molecule has 0 fully saturated rings. The van der Waals surface area contributed by atoms with Crippen LogP contribution in [0.3, 0.4) is 0 Å². The number of halogens is 1. The van der Waals surface area contributed by atoms with Crippen LogP contribution in [-0.2, 0) is 24.3 Å². The van der Waals surface area contributed by atoms with Gasteiger partial charge in [-0.25, -0.2) is 4.79 Å². The lowest BCUT2D eigenvalue weighted by molar-refractivity contribution is 0.140. The molecule has 5 nitrogen and oxygen atoms in total. The fraction of sp³-hybridized carbons (Fsp3) is 0.467. The van der Waals surface area contributed by atoms with E-state index in [1.165, 1.54) is 4.90 Å². The average Bonchev–Trinajstić information content (AvgIpc) is 2.42. The summed E-state index contributed by atoms with van der Waals surface area (Å²) in [6, 6.07) is 3.56. The maximum atomic E-state index is 12.0. The number of fused-ring (bicyclic) bond motifs is 1. The van der Waals surface area contributed by atoms with E-state index >= 15 is 0 Å². The monoisotopic (exact) mass is 342 g/mol. The van der Waals surface area contributed by atoms with Gasteiger partial charge in [-0.15, -0.1) is 0 Å². The van der Waals surface area contributed by atoms with Crippen LogP contribution >= 0.6 is 11.6 Å². The van der Waals surface area contributed by atoms with Crippen molar-refractivity contribution in [1.29, 1.82) is 0 Å². The summed E-state index contributed by atoms with van der Waals surface area (Å²) >= 11 is 4.77. The summed E-state index contributed by atoms with van der Waals surface area (Å²) in [6.07, 6.45) is 1.25. The van der Waals surface area contributed by atoms with Crippen LogP contribution < -0.4 is 0 Å². The van der Waals surface area contributed by atoms with Crippen molar-refractivity contribution >= 4 is 35.3 Å². The van der Waals surface area contributed by atoms with Crippen LogP contribution in [0.15, 0.2) is 16.5 Å². The molecule has 0 radical (unpaired) electrons. The lowest BCUT2D eigenvalue weighted by atomic mass is 9.95. The molecule has 0 spiro atoms. The highest BCUT2D eigenvalue weighted by Crippen LogP contribution is 2.26. The fourth-order valence-corrected chi connectivity index (χ4v) is 3.01. The van der Waals surface area contributed by atoms with E-state index < -0.39 is 22.2 Å². The Hall–Kier alpha value is -1.24. The van der Waals surface area contributed by atoms with Crippen LogP contribution in [-0.4, -0.2) is 38.2 Å². The van der Waals surface area contributed by atoms with Crippen LogP contribution in [0.5, 0.6) is 0 Å². The number of amides is 1. The lowest BCUT2D eigenvalue weighted by Crippen LogP contribution is -2.35. The molecule has 0 saturated carbocycles. The Labute approximate surface area is 138 Å². The minimum Gasteiger partial charge on any atom is -0.591 e. The number of nitrogens with zero attached hydrogens (tertiary/aromatic N) is 2. The Morgan fingerprint density at radius 1 is 1.50 bits per heavy atom. The van der Waals surface area contributed by atoms with E-state index in [1.807, 2.05) is 20.8 Å². The molecule has 1 N–H and O–H groups in total. The first-order valence-electron chi connectivity index (χ1n) is 6.93. The molecule has 1 atom stereocenters. The van der Waals surface area contributed by atoms with Crippen molar-refractivity contribution in [3.8, 4) is 0 Å². The normalized spacial score (nSPS) is 16.7. The molecule has 7 heteroatoms. The smallest absolute Gasteiger partial charge is 0.407 e. The third kappa shape index (κ3) is 3.94. The first kappa shape index (κ1) is 17.1. The highest BCUT2D eigenvalue weighted by atomic mass is 35.5. The summed E-state index contributed by atoms with van der Waals surface area (Å²) in [5.74, 6) is 0. The largest absolute Gasteiger partial charge is 0.591 e. The first-order valence-corrected chi connectivity index (χ1v) is 8.42. The molecule has 1 amide bonds. The molecular formula is C15H19ClN2O3S. The van der Waals surface area contributed by atoms with Crippen molar-refractivity contribution in [3.63, 3.8) is 0 Å². The molecule has 22 heavy (non-hydrogen) atoms. The zero-order valence-electron chi connectivity index (χ0n) is 12.8. The predicted octanol–water partition coefficient (Wildman–Crippen LogP) is 3.26. The van der Waals surface area contributed by atoms with Crippen LogP contribution in [0.1, 0.15) is 37.5 Å². The van der Waals surface area contributed by atoms with Crippen molar-refractivity contribution < 1.29 is 14.5 Å².